The van der Waals surface area contributed by atoms with E-state index in [1.807, 2.05) is 37.3 Å². The van der Waals surface area contributed by atoms with Crippen LogP contribution in [-0.2, 0) is 5.41 Å². The van der Waals surface area contributed by atoms with E-state index >= 15 is 0 Å². The van der Waals surface area contributed by atoms with Gasteiger partial charge in [-0.25, -0.2) is 0 Å². The Morgan fingerprint density at radius 1 is 0.389 bits per heavy atom. The number of fused-ring (bicyclic) bond motifs is 13. The van der Waals surface area contributed by atoms with Crippen LogP contribution in [0.3, 0.4) is 0 Å². The van der Waals surface area contributed by atoms with E-state index in [0.29, 0.717) is 0 Å². The molecule has 1 aromatic heterocycles. The molecular formula is C69H48N2S. The van der Waals surface area contributed by atoms with E-state index in [0.717, 1.165) is 45.3 Å². The molecule has 1 heterocycles. The van der Waals surface area contributed by atoms with Gasteiger partial charge in [-0.2, -0.15) is 0 Å². The fourth-order valence-corrected chi connectivity index (χ4v) is 12.9. The monoisotopic (exact) mass is 936 g/mol. The normalized spacial score (nSPS) is 13.6. The van der Waals surface area contributed by atoms with Crippen LogP contribution in [-0.4, -0.2) is 0 Å². The minimum Gasteiger partial charge on any atom is -0.310 e. The first-order valence-corrected chi connectivity index (χ1v) is 25.7. The van der Waals surface area contributed by atoms with Crippen molar-refractivity contribution in [2.75, 3.05) is 9.80 Å². The maximum atomic E-state index is 3.31. The first kappa shape index (κ1) is 43.1. The van der Waals surface area contributed by atoms with E-state index in [1.165, 1.54) is 75.8 Å². The van der Waals surface area contributed by atoms with Crippen LogP contribution in [0.2, 0.25) is 0 Å². The Kier molecular flexibility index (Phi) is 10.6. The number of anilines is 6. The molecule has 72 heavy (non-hydrogen) atoms. The second-order valence-electron chi connectivity index (χ2n) is 18.2. The van der Waals surface area contributed by atoms with Gasteiger partial charge in [-0.05, 0) is 140 Å². The number of rotatable bonds is 8. The Labute approximate surface area is 426 Å². The summed E-state index contributed by atoms with van der Waals surface area (Å²) in [5.74, 6) is 0. The molecule has 0 saturated carbocycles. The van der Waals surface area contributed by atoms with Crippen LogP contribution >= 0.6 is 11.3 Å². The van der Waals surface area contributed by atoms with Crippen molar-refractivity contribution in [3.05, 3.63) is 288 Å². The van der Waals surface area contributed by atoms with E-state index in [9.17, 15) is 0 Å². The van der Waals surface area contributed by atoms with Crippen molar-refractivity contribution in [3.8, 4) is 44.5 Å². The molecule has 0 N–H and O–H groups in total. The van der Waals surface area contributed by atoms with E-state index in [1.54, 1.807) is 0 Å². The molecule has 1 spiro atoms. The standard InChI is InChI=1S/C67H42N2S.C2H6/c1-4-17-45(18-5-1)47-31-35-51(36-32-47)68(52-37-33-48(34-38-52)46-19-6-2-7-20-46)53-39-41-57-56-26-12-14-28-60(56)67(61(57)43-53)62-44-54(40-42-58(62)65-59-27-13-15-30-64(59)70-66(65)67)69(50-23-8-3-9-24-50)63-29-16-22-49-21-10-11-25-55(49)63;1-2/h1-6,8-19,21-44H;1-2H3. The summed E-state index contributed by atoms with van der Waals surface area (Å²) < 4.78 is 1.30. The summed E-state index contributed by atoms with van der Waals surface area (Å²) in [5.41, 5.74) is 19.6. The Morgan fingerprint density at radius 3 is 1.69 bits per heavy atom. The molecule has 1 atom stereocenters. The van der Waals surface area contributed by atoms with Gasteiger partial charge >= 0.3 is 0 Å². The van der Waals surface area contributed by atoms with Gasteiger partial charge in [-0.3, -0.25) is 0 Å². The van der Waals surface area contributed by atoms with Crippen molar-refractivity contribution in [2.24, 2.45) is 0 Å². The highest BCUT2D eigenvalue weighted by Crippen LogP contribution is 2.67. The number of thiophene rings is 1. The van der Waals surface area contributed by atoms with Gasteiger partial charge in [0.25, 0.3) is 0 Å². The van der Waals surface area contributed by atoms with Gasteiger partial charge in [0.05, 0.1) is 11.1 Å². The van der Waals surface area contributed by atoms with E-state index < -0.39 is 5.41 Å². The predicted octanol–water partition coefficient (Wildman–Crippen LogP) is 19.3. The molecule has 11 aromatic carbocycles. The van der Waals surface area contributed by atoms with Gasteiger partial charge < -0.3 is 9.80 Å². The quantitative estimate of drug-likeness (QED) is 0.150. The Bertz CT molecular complexity index is 3850. The molecule has 2 nitrogen and oxygen atoms in total. The summed E-state index contributed by atoms with van der Waals surface area (Å²) in [6.45, 7) is 4.00. The smallest absolute Gasteiger partial charge is 0.0820 e. The molecule has 2 aliphatic carbocycles. The van der Waals surface area contributed by atoms with Gasteiger partial charge in [0.1, 0.15) is 0 Å². The van der Waals surface area contributed by atoms with E-state index in [-0.39, 0.29) is 0 Å². The molecule has 0 aliphatic heterocycles. The van der Waals surface area contributed by atoms with Crippen LogP contribution in [0.15, 0.2) is 255 Å². The maximum Gasteiger partial charge on any atom is 0.0820 e. The third-order valence-electron chi connectivity index (χ3n) is 14.5. The average molecular weight is 937 g/mol. The van der Waals surface area contributed by atoms with Crippen molar-refractivity contribution >= 4 is 66.3 Å². The minimum atomic E-state index is -0.597. The van der Waals surface area contributed by atoms with Gasteiger partial charge in [0.2, 0.25) is 0 Å². The summed E-state index contributed by atoms with van der Waals surface area (Å²) >= 11 is 1.95. The molecule has 1 unspecified atom stereocenters. The zero-order chi connectivity index (χ0) is 48.2. The Hall–Kier alpha value is -8.94. The van der Waals surface area contributed by atoms with Gasteiger partial charge in [0.15, 0.2) is 0 Å². The summed E-state index contributed by atoms with van der Waals surface area (Å²) in [6.07, 6.45) is 0. The lowest BCUT2D eigenvalue weighted by molar-refractivity contribution is 0.811. The number of hydrogen-bond donors (Lipinski definition) is 0. The van der Waals surface area contributed by atoms with E-state index in [2.05, 4.69) is 265 Å². The second kappa shape index (κ2) is 17.8. The molecule has 340 valence electrons. The molecule has 14 rings (SSSR count). The molecule has 0 fully saturated rings. The molecular weight excluding hydrogens is 889 g/mol. The maximum absolute atomic E-state index is 3.31. The highest BCUT2D eigenvalue weighted by Gasteiger charge is 2.54. The lowest BCUT2D eigenvalue weighted by Gasteiger charge is -2.33. The summed E-state index contributed by atoms with van der Waals surface area (Å²) in [4.78, 5) is 6.25. The Morgan fingerprint density at radius 2 is 0.944 bits per heavy atom. The van der Waals surface area contributed by atoms with Crippen molar-refractivity contribution in [1.82, 2.24) is 0 Å². The molecule has 0 bridgehead atoms. The molecule has 2 aliphatic rings. The van der Waals surface area contributed by atoms with Crippen LogP contribution < -0.4 is 9.80 Å². The SMILES string of the molecule is CC.c1cccc(-c2ccc(N(c3ccc(-c4ccccc4)cc3)c3ccc4c(c3)C3(c5ccccc5-4)c4cc(N(c5ccccc5)c5cccc6ccccc56)ccc4-c4c3sc3ccccc43)cc2)c#1. The number of para-hydroxylation sites is 1. The van der Waals surface area contributed by atoms with Crippen LogP contribution in [0.5, 0.6) is 0 Å². The van der Waals surface area contributed by atoms with Crippen molar-refractivity contribution in [1.29, 1.82) is 0 Å². The Balaban J connectivity index is 0.00000249. The summed E-state index contributed by atoms with van der Waals surface area (Å²) in [7, 11) is 0. The fraction of sp³-hybridized carbons (Fsp3) is 0.0435. The minimum absolute atomic E-state index is 0.597. The fourth-order valence-electron chi connectivity index (χ4n) is 11.4. The molecule has 0 radical (unpaired) electrons. The second-order valence-corrected chi connectivity index (χ2v) is 19.3. The molecule has 12 aromatic rings. The van der Waals surface area contributed by atoms with Crippen molar-refractivity contribution in [2.45, 2.75) is 19.3 Å². The largest absolute Gasteiger partial charge is 0.310 e. The highest BCUT2D eigenvalue weighted by atomic mass is 32.1. The highest BCUT2D eigenvalue weighted by molar-refractivity contribution is 7.20. The predicted molar refractivity (Wildman–Crippen MR) is 305 cm³/mol. The van der Waals surface area contributed by atoms with Crippen molar-refractivity contribution < 1.29 is 0 Å². The van der Waals surface area contributed by atoms with Crippen LogP contribution in [0, 0.1) is 12.1 Å². The van der Waals surface area contributed by atoms with Gasteiger partial charge in [0, 0.05) is 59.9 Å². The topological polar surface area (TPSA) is 6.48 Å². The molecule has 0 saturated heterocycles. The summed E-state index contributed by atoms with van der Waals surface area (Å²) in [5, 5.41) is 3.72. The third-order valence-corrected chi connectivity index (χ3v) is 15.8. The van der Waals surface area contributed by atoms with Gasteiger partial charge in [-0.15, -0.1) is 11.3 Å². The zero-order valence-corrected chi connectivity index (χ0v) is 40.9. The van der Waals surface area contributed by atoms with E-state index in [4.69, 9.17) is 0 Å². The number of hydrogen-bond acceptors (Lipinski definition) is 3. The van der Waals surface area contributed by atoms with Crippen LogP contribution in [0.4, 0.5) is 34.1 Å². The first-order valence-electron chi connectivity index (χ1n) is 24.9. The molecule has 0 amide bonds. The summed E-state index contributed by atoms with van der Waals surface area (Å²) in [6, 6.07) is 99.9. The number of nitrogens with zero attached hydrogens (tertiary/aromatic N) is 2. The average Bonchev–Trinajstić information content (AvgIpc) is 4.09. The van der Waals surface area contributed by atoms with Gasteiger partial charge in [-0.1, -0.05) is 196 Å². The first-order chi connectivity index (χ1) is 35.7. The lowest BCUT2D eigenvalue weighted by Crippen LogP contribution is -2.25. The van der Waals surface area contributed by atoms with Crippen LogP contribution in [0.25, 0.3) is 65.4 Å². The van der Waals surface area contributed by atoms with Crippen molar-refractivity contribution in [3.63, 3.8) is 0 Å². The van der Waals surface area contributed by atoms with Crippen LogP contribution in [0.1, 0.15) is 35.4 Å². The number of benzene rings is 10. The lowest BCUT2D eigenvalue weighted by atomic mass is 9.73. The third kappa shape index (κ3) is 6.79. The zero-order valence-electron chi connectivity index (χ0n) is 40.1. The molecule has 3 heteroatoms.